The molecule has 0 radical (unpaired) electrons. The minimum atomic E-state index is -0.371. The minimum absolute atomic E-state index is 0.140. The Labute approximate surface area is 106 Å². The molecule has 0 heterocycles. The van der Waals surface area contributed by atoms with Crippen LogP contribution in [-0.4, -0.2) is 19.1 Å². The summed E-state index contributed by atoms with van der Waals surface area (Å²) in [6.45, 7) is 3.56. The Morgan fingerprint density at radius 2 is 2.00 bits per heavy atom. The summed E-state index contributed by atoms with van der Waals surface area (Å²) < 4.78 is 10.3. The van der Waals surface area contributed by atoms with Crippen molar-refractivity contribution in [2.45, 2.75) is 13.8 Å². The Hall–Kier alpha value is -2.04. The fraction of sp³-hybridized carbons (Fsp3) is 0.385. The Kier molecular flexibility index (Phi) is 4.71. The van der Waals surface area contributed by atoms with Crippen LogP contribution in [0.4, 0.5) is 0 Å². The molecule has 0 N–H and O–H groups in total. The molecule has 0 saturated carbocycles. The van der Waals surface area contributed by atoms with E-state index in [1.807, 2.05) is 0 Å². The summed E-state index contributed by atoms with van der Waals surface area (Å²) >= 11 is 0. The first-order valence-corrected chi connectivity index (χ1v) is 5.57. The van der Waals surface area contributed by atoms with Gasteiger partial charge in [0.15, 0.2) is 0 Å². The lowest BCUT2D eigenvalue weighted by atomic mass is 10.1. The zero-order valence-corrected chi connectivity index (χ0v) is 11.0. The van der Waals surface area contributed by atoms with Gasteiger partial charge in [0, 0.05) is 17.6 Å². The van der Waals surface area contributed by atoms with Crippen molar-refractivity contribution in [3.05, 3.63) is 39.6 Å². The van der Waals surface area contributed by atoms with Gasteiger partial charge in [-0.1, -0.05) is 13.8 Å². The highest BCUT2D eigenvalue weighted by molar-refractivity contribution is 5.61. The molecule has 5 nitrogen and oxygen atoms in total. The normalized spacial score (nSPS) is 11.5. The number of methoxy groups -OCH3 is 2. The van der Waals surface area contributed by atoms with E-state index < -0.39 is 0 Å². The van der Waals surface area contributed by atoms with Crippen LogP contribution in [0.5, 0.6) is 11.5 Å². The number of rotatable bonds is 5. The van der Waals surface area contributed by atoms with Gasteiger partial charge in [-0.15, -0.1) is 0 Å². The summed E-state index contributed by atoms with van der Waals surface area (Å²) in [5, 5.41) is 11.0. The number of benzene rings is 1. The highest BCUT2D eigenvalue weighted by Crippen LogP contribution is 2.27. The quantitative estimate of drug-likeness (QED) is 0.596. The summed E-state index contributed by atoms with van der Waals surface area (Å²) in [4.78, 5) is 10.6. The number of hydrogen-bond donors (Lipinski definition) is 0. The molecule has 5 heteroatoms. The number of ether oxygens (including phenoxy) is 2. The van der Waals surface area contributed by atoms with E-state index in [9.17, 15) is 10.1 Å². The van der Waals surface area contributed by atoms with Gasteiger partial charge < -0.3 is 9.47 Å². The molecule has 0 unspecified atom stereocenters. The SMILES string of the molecule is COc1ccc(OC)c(/C=C(/C(C)C)[N+](=O)[O-])c1. The van der Waals surface area contributed by atoms with Crippen LogP contribution in [-0.2, 0) is 0 Å². The molecule has 0 aliphatic heterocycles. The van der Waals surface area contributed by atoms with E-state index in [4.69, 9.17) is 9.47 Å². The molecule has 0 amide bonds. The van der Waals surface area contributed by atoms with Gasteiger partial charge in [0.1, 0.15) is 11.5 Å². The summed E-state index contributed by atoms with van der Waals surface area (Å²) in [6.07, 6.45) is 1.52. The smallest absolute Gasteiger partial charge is 0.249 e. The lowest BCUT2D eigenvalue weighted by Crippen LogP contribution is -2.05. The Morgan fingerprint density at radius 1 is 1.33 bits per heavy atom. The van der Waals surface area contributed by atoms with E-state index in [-0.39, 0.29) is 16.5 Å². The monoisotopic (exact) mass is 251 g/mol. The Balaban J connectivity index is 3.29. The lowest BCUT2D eigenvalue weighted by molar-refractivity contribution is -0.431. The first-order valence-electron chi connectivity index (χ1n) is 5.57. The third kappa shape index (κ3) is 3.23. The van der Waals surface area contributed by atoms with Crippen LogP contribution in [0.15, 0.2) is 23.9 Å². The summed E-state index contributed by atoms with van der Waals surface area (Å²) in [5.41, 5.74) is 0.777. The van der Waals surface area contributed by atoms with Crippen molar-refractivity contribution in [2.24, 2.45) is 5.92 Å². The number of hydrogen-bond acceptors (Lipinski definition) is 4. The van der Waals surface area contributed by atoms with Crippen LogP contribution in [0.3, 0.4) is 0 Å². The highest BCUT2D eigenvalue weighted by Gasteiger charge is 2.17. The second-order valence-electron chi connectivity index (χ2n) is 4.09. The van der Waals surface area contributed by atoms with Crippen LogP contribution >= 0.6 is 0 Å². The molecule has 1 aromatic rings. The van der Waals surface area contributed by atoms with Gasteiger partial charge in [-0.2, -0.15) is 0 Å². The zero-order valence-electron chi connectivity index (χ0n) is 11.0. The first kappa shape index (κ1) is 14.0. The molecule has 0 aliphatic carbocycles. The second-order valence-corrected chi connectivity index (χ2v) is 4.09. The average Bonchev–Trinajstić information content (AvgIpc) is 2.34. The Morgan fingerprint density at radius 3 is 2.44 bits per heavy atom. The van der Waals surface area contributed by atoms with E-state index in [1.165, 1.54) is 13.2 Å². The van der Waals surface area contributed by atoms with E-state index in [0.717, 1.165) is 0 Å². The maximum absolute atomic E-state index is 11.0. The lowest BCUT2D eigenvalue weighted by Gasteiger charge is -2.08. The van der Waals surface area contributed by atoms with Crippen molar-refractivity contribution in [3.8, 4) is 11.5 Å². The van der Waals surface area contributed by atoms with Crippen LogP contribution < -0.4 is 9.47 Å². The van der Waals surface area contributed by atoms with Gasteiger partial charge in [-0.25, -0.2) is 0 Å². The van der Waals surface area contributed by atoms with Gasteiger partial charge in [0.05, 0.1) is 19.1 Å². The molecular weight excluding hydrogens is 234 g/mol. The molecular formula is C13H17NO4. The van der Waals surface area contributed by atoms with Crippen LogP contribution in [0.2, 0.25) is 0 Å². The van der Waals surface area contributed by atoms with Gasteiger partial charge in [0.25, 0.3) is 0 Å². The van der Waals surface area contributed by atoms with Gasteiger partial charge in [0.2, 0.25) is 5.70 Å². The van der Waals surface area contributed by atoms with Crippen molar-refractivity contribution in [2.75, 3.05) is 14.2 Å². The van der Waals surface area contributed by atoms with Crippen molar-refractivity contribution in [1.82, 2.24) is 0 Å². The van der Waals surface area contributed by atoms with Crippen LogP contribution in [0, 0.1) is 16.0 Å². The van der Waals surface area contributed by atoms with Crippen molar-refractivity contribution >= 4 is 6.08 Å². The number of nitrogens with zero attached hydrogens (tertiary/aromatic N) is 1. The molecule has 0 aromatic heterocycles. The topological polar surface area (TPSA) is 61.6 Å². The number of nitro groups is 1. The van der Waals surface area contributed by atoms with Crippen LogP contribution in [0.1, 0.15) is 19.4 Å². The molecule has 1 aromatic carbocycles. The van der Waals surface area contributed by atoms with E-state index >= 15 is 0 Å². The first-order chi connectivity index (χ1) is 8.49. The predicted octanol–water partition coefficient (Wildman–Crippen LogP) is 2.98. The molecule has 98 valence electrons. The second kappa shape index (κ2) is 6.05. The van der Waals surface area contributed by atoms with Crippen molar-refractivity contribution < 1.29 is 14.4 Å². The van der Waals surface area contributed by atoms with Gasteiger partial charge in [-0.3, -0.25) is 10.1 Å². The fourth-order valence-corrected chi connectivity index (χ4v) is 1.54. The van der Waals surface area contributed by atoms with Crippen molar-refractivity contribution in [3.63, 3.8) is 0 Å². The van der Waals surface area contributed by atoms with E-state index in [0.29, 0.717) is 17.1 Å². The third-order valence-electron chi connectivity index (χ3n) is 2.54. The molecule has 0 saturated heterocycles. The minimum Gasteiger partial charge on any atom is -0.497 e. The molecule has 0 fully saturated rings. The summed E-state index contributed by atoms with van der Waals surface area (Å²) in [7, 11) is 3.08. The molecule has 18 heavy (non-hydrogen) atoms. The van der Waals surface area contributed by atoms with Crippen LogP contribution in [0.25, 0.3) is 6.08 Å². The molecule has 0 atom stereocenters. The molecule has 0 bridgehead atoms. The average molecular weight is 251 g/mol. The number of allylic oxidation sites excluding steroid dienone is 1. The highest BCUT2D eigenvalue weighted by atomic mass is 16.6. The van der Waals surface area contributed by atoms with Gasteiger partial charge in [-0.05, 0) is 18.2 Å². The molecule has 1 rings (SSSR count). The van der Waals surface area contributed by atoms with Gasteiger partial charge >= 0.3 is 0 Å². The predicted molar refractivity (Wildman–Crippen MR) is 69.4 cm³/mol. The molecule has 0 spiro atoms. The molecule has 0 aliphatic rings. The van der Waals surface area contributed by atoms with E-state index in [1.54, 1.807) is 39.2 Å². The standard InChI is InChI=1S/C13H17NO4/c1-9(2)12(14(15)16)8-10-7-11(17-3)5-6-13(10)18-4/h5-9H,1-4H3/b12-8-. The maximum Gasteiger partial charge on any atom is 0.249 e. The largest absolute Gasteiger partial charge is 0.497 e. The Bertz CT molecular complexity index is 466. The van der Waals surface area contributed by atoms with E-state index in [2.05, 4.69) is 0 Å². The third-order valence-corrected chi connectivity index (χ3v) is 2.54. The zero-order chi connectivity index (χ0) is 13.7. The summed E-state index contributed by atoms with van der Waals surface area (Å²) in [5.74, 6) is 1.04. The van der Waals surface area contributed by atoms with Crippen molar-refractivity contribution in [1.29, 1.82) is 0 Å². The summed E-state index contributed by atoms with van der Waals surface area (Å²) in [6, 6.07) is 5.19. The maximum atomic E-state index is 11.0. The fourth-order valence-electron chi connectivity index (χ4n) is 1.54.